The molecule has 1 aliphatic heterocycles. The van der Waals surface area contributed by atoms with Gasteiger partial charge in [-0.15, -0.1) is 0 Å². The van der Waals surface area contributed by atoms with Gasteiger partial charge in [0.05, 0.1) is 18.7 Å². The Morgan fingerprint density at radius 2 is 1.50 bits per heavy atom. The Morgan fingerprint density at radius 3 is 1.93 bits per heavy atom. The van der Waals surface area contributed by atoms with E-state index in [9.17, 15) is 18.4 Å². The second kappa shape index (κ2) is 7.39. The van der Waals surface area contributed by atoms with Gasteiger partial charge >= 0.3 is 12.2 Å². The van der Waals surface area contributed by atoms with Crippen LogP contribution in [-0.4, -0.2) is 41.4 Å². The van der Waals surface area contributed by atoms with Gasteiger partial charge in [-0.2, -0.15) is 0 Å². The first-order valence-electron chi connectivity index (χ1n) is 8.76. The number of ether oxygens (including phenoxy) is 2. The summed E-state index contributed by atoms with van der Waals surface area (Å²) in [5, 5.41) is 2.40. The fraction of sp³-hybridized carbons (Fsp3) is 0.579. The van der Waals surface area contributed by atoms with E-state index < -0.39 is 40.6 Å². The van der Waals surface area contributed by atoms with E-state index in [4.69, 9.17) is 21.1 Å². The van der Waals surface area contributed by atoms with Crippen molar-refractivity contribution >= 4 is 23.8 Å². The lowest BCUT2D eigenvalue weighted by Crippen LogP contribution is -2.70. The fourth-order valence-electron chi connectivity index (χ4n) is 2.86. The topological polar surface area (TPSA) is 67.9 Å². The Labute approximate surface area is 168 Å². The minimum Gasteiger partial charge on any atom is -0.444 e. The Morgan fingerprint density at radius 1 is 1.04 bits per heavy atom. The van der Waals surface area contributed by atoms with Crippen molar-refractivity contribution in [2.24, 2.45) is 0 Å². The van der Waals surface area contributed by atoms with Gasteiger partial charge in [-0.25, -0.2) is 18.4 Å². The van der Waals surface area contributed by atoms with Crippen LogP contribution in [0.1, 0.15) is 47.1 Å². The summed E-state index contributed by atoms with van der Waals surface area (Å²) in [5.74, 6) is -1.85. The number of rotatable bonds is 2. The van der Waals surface area contributed by atoms with E-state index >= 15 is 0 Å². The molecule has 28 heavy (non-hydrogen) atoms. The van der Waals surface area contributed by atoms with Crippen LogP contribution in [0.4, 0.5) is 18.4 Å². The van der Waals surface area contributed by atoms with E-state index in [0.29, 0.717) is 0 Å². The van der Waals surface area contributed by atoms with Gasteiger partial charge in [0.1, 0.15) is 28.4 Å². The van der Waals surface area contributed by atoms with Gasteiger partial charge in [0, 0.05) is 5.02 Å². The Kier molecular flexibility index (Phi) is 5.86. The maximum absolute atomic E-state index is 14.6. The van der Waals surface area contributed by atoms with Crippen molar-refractivity contribution in [1.82, 2.24) is 10.2 Å². The standard InChI is InChI=1S/C19H25ClF2N2O4/c1-17(2,3)27-15(25)23-19(14-12(21)7-11(20)8-13(14)22)9-24(10-19)16(26)28-18(4,5)6/h7-8H,9-10H2,1-6H3,(H,23,25). The number of carbonyl (C=O) groups excluding carboxylic acids is 2. The lowest BCUT2D eigenvalue weighted by molar-refractivity contribution is -0.0247. The molecule has 1 aromatic rings. The number of likely N-dealkylation sites (tertiary alicyclic amines) is 1. The highest BCUT2D eigenvalue weighted by atomic mass is 35.5. The van der Waals surface area contributed by atoms with E-state index in [1.807, 2.05) is 0 Å². The molecule has 2 amide bonds. The van der Waals surface area contributed by atoms with Crippen LogP contribution in [0.5, 0.6) is 0 Å². The monoisotopic (exact) mass is 418 g/mol. The molecule has 156 valence electrons. The number of carbonyl (C=O) groups is 2. The number of hydrogen-bond donors (Lipinski definition) is 1. The third-order valence-corrected chi connectivity index (χ3v) is 4.02. The van der Waals surface area contributed by atoms with Gasteiger partial charge in [0.2, 0.25) is 0 Å². The molecule has 1 aromatic carbocycles. The molecule has 0 saturated carbocycles. The molecule has 0 aliphatic carbocycles. The van der Waals surface area contributed by atoms with Gasteiger partial charge in [-0.3, -0.25) is 0 Å². The molecule has 1 fully saturated rings. The summed E-state index contributed by atoms with van der Waals surface area (Å²) in [5.41, 5.74) is -3.43. The molecular formula is C19H25ClF2N2O4. The van der Waals surface area contributed by atoms with E-state index in [1.165, 1.54) is 4.90 Å². The van der Waals surface area contributed by atoms with Crippen molar-refractivity contribution in [3.8, 4) is 0 Å². The minimum atomic E-state index is -1.50. The molecule has 0 bridgehead atoms. The molecule has 2 rings (SSSR count). The first kappa shape index (κ1) is 22.2. The van der Waals surface area contributed by atoms with Crippen LogP contribution in [0.2, 0.25) is 5.02 Å². The van der Waals surface area contributed by atoms with Crippen LogP contribution in [0.3, 0.4) is 0 Å². The van der Waals surface area contributed by atoms with E-state index in [1.54, 1.807) is 41.5 Å². The molecule has 9 heteroatoms. The molecule has 1 aliphatic rings. The summed E-state index contributed by atoms with van der Waals surface area (Å²) in [7, 11) is 0. The molecule has 0 atom stereocenters. The highest BCUT2D eigenvalue weighted by Gasteiger charge is 2.52. The Hall–Kier alpha value is -2.09. The SMILES string of the molecule is CC(C)(C)OC(=O)NC1(c2c(F)cc(Cl)cc2F)CN(C(=O)OC(C)(C)C)C1. The van der Waals surface area contributed by atoms with Crippen LogP contribution >= 0.6 is 11.6 Å². The highest BCUT2D eigenvalue weighted by Crippen LogP contribution is 2.37. The van der Waals surface area contributed by atoms with Crippen molar-refractivity contribution in [2.45, 2.75) is 58.3 Å². The third kappa shape index (κ3) is 5.25. The average molecular weight is 419 g/mol. The molecule has 0 radical (unpaired) electrons. The largest absolute Gasteiger partial charge is 0.444 e. The molecule has 0 unspecified atom stereocenters. The molecule has 6 nitrogen and oxygen atoms in total. The smallest absolute Gasteiger partial charge is 0.410 e. The van der Waals surface area contributed by atoms with Crippen LogP contribution in [0.15, 0.2) is 12.1 Å². The predicted octanol–water partition coefficient (Wildman–Crippen LogP) is 4.59. The predicted molar refractivity (Wildman–Crippen MR) is 100 cm³/mol. The third-order valence-electron chi connectivity index (χ3n) is 3.80. The summed E-state index contributed by atoms with van der Waals surface area (Å²) < 4.78 is 39.6. The average Bonchev–Trinajstić information content (AvgIpc) is 2.37. The van der Waals surface area contributed by atoms with Crippen molar-refractivity contribution in [2.75, 3.05) is 13.1 Å². The van der Waals surface area contributed by atoms with E-state index in [0.717, 1.165) is 12.1 Å². The number of amides is 2. The fourth-order valence-corrected chi connectivity index (χ4v) is 3.05. The zero-order valence-electron chi connectivity index (χ0n) is 16.8. The summed E-state index contributed by atoms with van der Waals surface area (Å²) in [6.07, 6.45) is -1.51. The highest BCUT2D eigenvalue weighted by molar-refractivity contribution is 6.30. The second-order valence-corrected chi connectivity index (χ2v) is 9.23. The Bertz CT molecular complexity index is 758. The van der Waals surface area contributed by atoms with Crippen molar-refractivity contribution in [1.29, 1.82) is 0 Å². The zero-order chi connectivity index (χ0) is 21.5. The normalized spacial score (nSPS) is 16.2. The van der Waals surface area contributed by atoms with Gasteiger partial charge in [-0.05, 0) is 53.7 Å². The number of hydrogen-bond acceptors (Lipinski definition) is 4. The molecule has 1 heterocycles. The molecule has 0 spiro atoms. The summed E-state index contributed by atoms with van der Waals surface area (Å²) >= 11 is 5.70. The van der Waals surface area contributed by atoms with Crippen molar-refractivity contribution in [3.63, 3.8) is 0 Å². The first-order chi connectivity index (χ1) is 12.6. The van der Waals surface area contributed by atoms with Crippen molar-refractivity contribution < 1.29 is 27.8 Å². The molecule has 1 saturated heterocycles. The zero-order valence-corrected chi connectivity index (χ0v) is 17.5. The minimum absolute atomic E-state index is 0.116. The van der Waals surface area contributed by atoms with Crippen LogP contribution in [0, 0.1) is 11.6 Å². The molecule has 1 N–H and O–H groups in total. The quantitative estimate of drug-likeness (QED) is 0.762. The molecule has 0 aromatic heterocycles. The Balaban J connectivity index is 2.32. The van der Waals surface area contributed by atoms with Gasteiger partial charge in [-0.1, -0.05) is 11.6 Å². The van der Waals surface area contributed by atoms with Gasteiger partial charge < -0.3 is 19.7 Å². The number of nitrogens with one attached hydrogen (secondary N) is 1. The van der Waals surface area contributed by atoms with Crippen LogP contribution < -0.4 is 5.32 Å². The first-order valence-corrected chi connectivity index (χ1v) is 9.14. The van der Waals surface area contributed by atoms with Gasteiger partial charge in [0.15, 0.2) is 0 Å². The maximum atomic E-state index is 14.6. The van der Waals surface area contributed by atoms with E-state index in [-0.39, 0.29) is 23.7 Å². The number of halogens is 3. The maximum Gasteiger partial charge on any atom is 0.410 e. The van der Waals surface area contributed by atoms with Crippen LogP contribution in [-0.2, 0) is 15.0 Å². The lowest BCUT2D eigenvalue weighted by Gasteiger charge is -2.50. The van der Waals surface area contributed by atoms with Gasteiger partial charge in [0.25, 0.3) is 0 Å². The number of alkyl carbamates (subject to hydrolysis) is 1. The summed E-state index contributed by atoms with van der Waals surface area (Å²) in [6, 6.07) is 1.91. The summed E-state index contributed by atoms with van der Waals surface area (Å²) in [6.45, 7) is 9.73. The molecular weight excluding hydrogens is 394 g/mol. The number of nitrogens with zero attached hydrogens (tertiary/aromatic N) is 1. The lowest BCUT2D eigenvalue weighted by atomic mass is 9.81. The number of benzene rings is 1. The van der Waals surface area contributed by atoms with E-state index in [2.05, 4.69) is 5.32 Å². The van der Waals surface area contributed by atoms with Crippen LogP contribution in [0.25, 0.3) is 0 Å². The van der Waals surface area contributed by atoms with Crippen molar-refractivity contribution in [3.05, 3.63) is 34.4 Å². The second-order valence-electron chi connectivity index (χ2n) is 8.79. The summed E-state index contributed by atoms with van der Waals surface area (Å²) in [4.78, 5) is 25.8.